The van der Waals surface area contributed by atoms with Gasteiger partial charge in [0.15, 0.2) is 0 Å². The maximum absolute atomic E-state index is 12.3. The number of carbonyl (C=O) groups is 1. The predicted molar refractivity (Wildman–Crippen MR) is 102 cm³/mol. The van der Waals surface area contributed by atoms with Crippen molar-refractivity contribution in [2.24, 2.45) is 29.6 Å². The van der Waals surface area contributed by atoms with E-state index in [4.69, 9.17) is 14.5 Å². The molecule has 4 N–H and O–H groups in total. The Bertz CT molecular complexity index is 593. The van der Waals surface area contributed by atoms with Gasteiger partial charge in [0, 0.05) is 31.1 Å². The third-order valence-corrected chi connectivity index (χ3v) is 8.05. The van der Waals surface area contributed by atoms with Gasteiger partial charge < -0.3 is 15.8 Å². The summed E-state index contributed by atoms with van der Waals surface area (Å²) in [6.07, 6.45) is 10.6. The van der Waals surface area contributed by atoms with Gasteiger partial charge >= 0.3 is 0 Å². The molecule has 1 aliphatic heterocycles. The molecule has 2 spiro atoms. The first-order valence-corrected chi connectivity index (χ1v) is 11.4. The van der Waals surface area contributed by atoms with E-state index in [2.05, 4.69) is 11.1 Å². The molecule has 1 saturated heterocycles. The van der Waals surface area contributed by atoms with Crippen molar-refractivity contribution in [1.29, 1.82) is 0 Å². The maximum Gasteiger partial charge on any atom is 0.220 e. The van der Waals surface area contributed by atoms with Gasteiger partial charge in [-0.05, 0) is 76.5 Å². The molecule has 6 rings (SSSR count). The van der Waals surface area contributed by atoms with Crippen molar-refractivity contribution in [3.63, 3.8) is 0 Å². The minimum absolute atomic E-state index is 0.123. The van der Waals surface area contributed by atoms with Gasteiger partial charge in [0.05, 0.1) is 6.54 Å². The van der Waals surface area contributed by atoms with E-state index < -0.39 is 11.6 Å². The van der Waals surface area contributed by atoms with E-state index in [-0.39, 0.29) is 11.4 Å². The van der Waals surface area contributed by atoms with E-state index >= 15 is 0 Å². The van der Waals surface area contributed by atoms with Crippen LogP contribution in [0.3, 0.4) is 0 Å². The Hall–Kier alpha value is -0.690. The molecule has 1 heterocycles. The van der Waals surface area contributed by atoms with Crippen molar-refractivity contribution in [2.75, 3.05) is 6.54 Å². The second kappa shape index (κ2) is 6.66. The highest BCUT2D eigenvalue weighted by molar-refractivity contribution is 5.76. The summed E-state index contributed by atoms with van der Waals surface area (Å²) in [5, 5.41) is 3.02. The first kappa shape index (κ1) is 19.3. The lowest BCUT2D eigenvalue weighted by Crippen LogP contribution is -2.73. The van der Waals surface area contributed by atoms with Crippen LogP contribution >= 0.6 is 0 Å². The Morgan fingerprint density at radius 1 is 1.04 bits per heavy atom. The lowest BCUT2D eigenvalue weighted by molar-refractivity contribution is -0.462. The SMILES string of the molecule is CC(C)([NH3+])CNC(=O)CC1CCC2(CC1)OOC1(O2)C2CC3CC(C2)CC1C3. The summed E-state index contributed by atoms with van der Waals surface area (Å²) in [5.74, 6) is 2.29. The molecule has 0 aromatic rings. The Labute approximate surface area is 168 Å². The van der Waals surface area contributed by atoms with Crippen LogP contribution in [-0.4, -0.2) is 29.6 Å². The fourth-order valence-corrected chi connectivity index (χ4v) is 6.79. The summed E-state index contributed by atoms with van der Waals surface area (Å²) in [6.45, 7) is 4.69. The molecule has 5 aliphatic carbocycles. The van der Waals surface area contributed by atoms with E-state index in [1.165, 1.54) is 32.1 Å². The summed E-state index contributed by atoms with van der Waals surface area (Å²) in [7, 11) is 0. The van der Waals surface area contributed by atoms with Crippen molar-refractivity contribution in [3.05, 3.63) is 0 Å². The molecule has 6 fully saturated rings. The molecule has 0 radical (unpaired) electrons. The Kier molecular flexibility index (Phi) is 4.59. The van der Waals surface area contributed by atoms with E-state index in [0.29, 0.717) is 30.7 Å². The Balaban J connectivity index is 1.16. The zero-order valence-corrected chi connectivity index (χ0v) is 17.5. The number of carbonyl (C=O) groups excluding carboxylic acids is 1. The number of hydrogen-bond acceptors (Lipinski definition) is 4. The van der Waals surface area contributed by atoms with Crippen molar-refractivity contribution in [1.82, 2.24) is 5.32 Å². The second-order valence-corrected chi connectivity index (χ2v) is 11.3. The lowest BCUT2D eigenvalue weighted by Gasteiger charge is -2.57. The summed E-state index contributed by atoms with van der Waals surface area (Å²) >= 11 is 0. The summed E-state index contributed by atoms with van der Waals surface area (Å²) in [4.78, 5) is 24.3. The first-order chi connectivity index (χ1) is 13.3. The van der Waals surface area contributed by atoms with Crippen LogP contribution in [0.4, 0.5) is 0 Å². The van der Waals surface area contributed by atoms with E-state index in [0.717, 1.165) is 37.5 Å². The topological polar surface area (TPSA) is 84.4 Å². The van der Waals surface area contributed by atoms with Crippen LogP contribution in [0.25, 0.3) is 0 Å². The van der Waals surface area contributed by atoms with Crippen LogP contribution in [0.15, 0.2) is 0 Å². The van der Waals surface area contributed by atoms with Crippen molar-refractivity contribution >= 4 is 5.91 Å². The van der Waals surface area contributed by atoms with Gasteiger partial charge in [0.1, 0.15) is 5.54 Å². The van der Waals surface area contributed by atoms with Crippen molar-refractivity contribution < 1.29 is 25.0 Å². The van der Waals surface area contributed by atoms with Gasteiger partial charge in [0.25, 0.3) is 0 Å². The molecule has 6 heteroatoms. The van der Waals surface area contributed by atoms with Gasteiger partial charge in [-0.1, -0.05) is 0 Å². The third kappa shape index (κ3) is 3.40. The number of nitrogens with one attached hydrogen (secondary N) is 1. The average molecular weight is 394 g/mol. The zero-order chi connectivity index (χ0) is 19.6. The van der Waals surface area contributed by atoms with Crippen LogP contribution in [-0.2, 0) is 19.3 Å². The number of quaternary nitrogens is 1. The molecular weight excluding hydrogens is 356 g/mol. The highest BCUT2D eigenvalue weighted by Crippen LogP contribution is 2.63. The molecule has 0 unspecified atom stereocenters. The van der Waals surface area contributed by atoms with E-state index in [1.54, 1.807) is 0 Å². The van der Waals surface area contributed by atoms with Gasteiger partial charge in [-0.2, -0.15) is 9.78 Å². The highest BCUT2D eigenvalue weighted by atomic mass is 17.3. The normalized spacial score (nSPS) is 47.2. The van der Waals surface area contributed by atoms with E-state index in [9.17, 15) is 4.79 Å². The Morgan fingerprint density at radius 3 is 2.21 bits per heavy atom. The molecule has 6 aliphatic rings. The zero-order valence-electron chi connectivity index (χ0n) is 17.5. The molecule has 0 aromatic carbocycles. The van der Waals surface area contributed by atoms with Crippen molar-refractivity contribution in [3.8, 4) is 0 Å². The number of rotatable bonds is 4. The second-order valence-electron chi connectivity index (χ2n) is 11.3. The molecule has 158 valence electrons. The van der Waals surface area contributed by atoms with Gasteiger partial charge in [0.2, 0.25) is 17.5 Å². The van der Waals surface area contributed by atoms with Crippen LogP contribution in [0, 0.1) is 29.6 Å². The minimum atomic E-state index is -0.572. The predicted octanol–water partition coefficient (Wildman–Crippen LogP) is 2.53. The Morgan fingerprint density at radius 2 is 1.64 bits per heavy atom. The number of amides is 1. The van der Waals surface area contributed by atoms with Gasteiger partial charge in [-0.3, -0.25) is 4.79 Å². The van der Waals surface area contributed by atoms with Gasteiger partial charge in [-0.25, -0.2) is 0 Å². The molecule has 28 heavy (non-hydrogen) atoms. The maximum atomic E-state index is 12.3. The van der Waals surface area contributed by atoms with Crippen LogP contribution in [0.2, 0.25) is 0 Å². The summed E-state index contributed by atoms with van der Waals surface area (Å²) < 4.78 is 6.75. The van der Waals surface area contributed by atoms with Crippen LogP contribution in [0.5, 0.6) is 0 Å². The average Bonchev–Trinajstić information content (AvgIpc) is 3.00. The third-order valence-electron chi connectivity index (χ3n) is 8.05. The lowest BCUT2D eigenvalue weighted by atomic mass is 9.53. The minimum Gasteiger partial charge on any atom is -0.352 e. The quantitative estimate of drug-likeness (QED) is 0.719. The largest absolute Gasteiger partial charge is 0.352 e. The molecule has 6 nitrogen and oxygen atoms in total. The van der Waals surface area contributed by atoms with E-state index in [1.807, 2.05) is 13.8 Å². The van der Waals surface area contributed by atoms with Crippen molar-refractivity contribution in [2.45, 2.75) is 95.2 Å². The molecule has 5 saturated carbocycles. The monoisotopic (exact) mass is 393 g/mol. The summed E-state index contributed by atoms with van der Waals surface area (Å²) in [6, 6.07) is 0. The number of hydrogen-bond donors (Lipinski definition) is 2. The standard InChI is InChI=1S/C22H36N2O4/c1-20(2,23)13-24-19(25)12-14-3-5-21(6-4-14)26-22(28-27-21)17-8-15-7-16(10-17)11-18(22)9-15/h14-18H,3-13,23H2,1-2H3,(H,24,25)/p+1. The molecule has 0 atom stereocenters. The molecular formula is C22H37N2O4+. The van der Waals surface area contributed by atoms with Crippen LogP contribution < -0.4 is 11.1 Å². The highest BCUT2D eigenvalue weighted by Gasteiger charge is 2.66. The smallest absolute Gasteiger partial charge is 0.220 e. The van der Waals surface area contributed by atoms with Crippen LogP contribution in [0.1, 0.15) is 78.1 Å². The molecule has 4 bridgehead atoms. The fraction of sp³-hybridized carbons (Fsp3) is 0.955. The molecule has 1 amide bonds. The fourth-order valence-electron chi connectivity index (χ4n) is 6.79. The first-order valence-electron chi connectivity index (χ1n) is 11.4. The number of ether oxygens (including phenoxy) is 1. The van der Waals surface area contributed by atoms with Gasteiger partial charge in [-0.15, -0.1) is 0 Å². The molecule has 0 aromatic heterocycles. The summed E-state index contributed by atoms with van der Waals surface area (Å²) in [5.41, 5.74) is 3.93.